The van der Waals surface area contributed by atoms with Crippen molar-refractivity contribution in [2.24, 2.45) is 0 Å². The van der Waals surface area contributed by atoms with Crippen LogP contribution >= 0.6 is 11.3 Å². The van der Waals surface area contributed by atoms with E-state index in [1.165, 1.54) is 11.3 Å². The van der Waals surface area contributed by atoms with Crippen molar-refractivity contribution in [3.8, 4) is 0 Å². The van der Waals surface area contributed by atoms with Gasteiger partial charge in [0.05, 0.1) is 30.7 Å². The summed E-state index contributed by atoms with van der Waals surface area (Å²) in [6.07, 6.45) is 0. The van der Waals surface area contributed by atoms with Crippen LogP contribution in [0, 0.1) is 0 Å². The Labute approximate surface area is 102 Å². The summed E-state index contributed by atoms with van der Waals surface area (Å²) in [5.74, 6) is -0.775. The van der Waals surface area contributed by atoms with E-state index in [0.29, 0.717) is 4.88 Å². The Morgan fingerprint density at radius 2 is 2.06 bits per heavy atom. The van der Waals surface area contributed by atoms with Gasteiger partial charge in [-0.05, 0) is 11.4 Å². The Morgan fingerprint density at radius 1 is 1.35 bits per heavy atom. The highest BCUT2D eigenvalue weighted by Gasteiger charge is 2.12. The van der Waals surface area contributed by atoms with Crippen molar-refractivity contribution in [2.75, 3.05) is 19.8 Å². The third kappa shape index (κ3) is 4.51. The number of nitrogens with one attached hydrogen (secondary N) is 2. The molecular formula is C10H14N2O4S. The molecule has 1 rings (SSSR count). The number of aliphatic hydroxyl groups excluding tert-OH is 2. The monoisotopic (exact) mass is 258 g/mol. The molecular weight excluding hydrogens is 244 g/mol. The van der Waals surface area contributed by atoms with Gasteiger partial charge >= 0.3 is 0 Å². The van der Waals surface area contributed by atoms with E-state index in [0.717, 1.165) is 0 Å². The van der Waals surface area contributed by atoms with Gasteiger partial charge in [0.15, 0.2) is 0 Å². The lowest BCUT2D eigenvalue weighted by Gasteiger charge is -2.13. The van der Waals surface area contributed by atoms with E-state index in [1.807, 2.05) is 0 Å². The van der Waals surface area contributed by atoms with Gasteiger partial charge < -0.3 is 20.8 Å². The summed E-state index contributed by atoms with van der Waals surface area (Å²) in [5, 5.41) is 24.1. The SMILES string of the molecule is O=C(CNC(=O)c1cccs1)NC(CO)CO. The molecule has 0 unspecified atom stereocenters. The van der Waals surface area contributed by atoms with Crippen molar-refractivity contribution in [1.29, 1.82) is 0 Å². The lowest BCUT2D eigenvalue weighted by Crippen LogP contribution is -2.45. The summed E-state index contributed by atoms with van der Waals surface area (Å²) >= 11 is 1.28. The smallest absolute Gasteiger partial charge is 0.261 e. The molecule has 0 spiro atoms. The second-order valence-electron chi connectivity index (χ2n) is 3.29. The van der Waals surface area contributed by atoms with Crippen LogP contribution in [0.4, 0.5) is 0 Å². The Bertz CT molecular complexity index is 362. The van der Waals surface area contributed by atoms with Crippen molar-refractivity contribution in [3.63, 3.8) is 0 Å². The van der Waals surface area contributed by atoms with Crippen LogP contribution in [0.2, 0.25) is 0 Å². The van der Waals surface area contributed by atoms with Crippen molar-refractivity contribution in [2.45, 2.75) is 6.04 Å². The zero-order valence-corrected chi connectivity index (χ0v) is 9.87. The van der Waals surface area contributed by atoms with E-state index >= 15 is 0 Å². The maximum Gasteiger partial charge on any atom is 0.261 e. The second-order valence-corrected chi connectivity index (χ2v) is 4.24. The van der Waals surface area contributed by atoms with Gasteiger partial charge in [0.2, 0.25) is 5.91 Å². The third-order valence-corrected chi connectivity index (χ3v) is 2.83. The van der Waals surface area contributed by atoms with Gasteiger partial charge in [-0.15, -0.1) is 11.3 Å². The van der Waals surface area contributed by atoms with E-state index in [9.17, 15) is 9.59 Å². The predicted octanol–water partition coefficient (Wildman–Crippen LogP) is -1.05. The fourth-order valence-electron chi connectivity index (χ4n) is 1.08. The molecule has 6 nitrogen and oxygen atoms in total. The zero-order chi connectivity index (χ0) is 12.7. The Balaban J connectivity index is 2.31. The summed E-state index contributed by atoms with van der Waals surface area (Å²) in [6.45, 7) is -0.880. The molecule has 7 heteroatoms. The van der Waals surface area contributed by atoms with Gasteiger partial charge in [0, 0.05) is 0 Å². The topological polar surface area (TPSA) is 98.7 Å². The molecule has 17 heavy (non-hydrogen) atoms. The van der Waals surface area contributed by atoms with Crippen LogP contribution in [0.15, 0.2) is 17.5 Å². The van der Waals surface area contributed by atoms with E-state index in [-0.39, 0.29) is 25.7 Å². The van der Waals surface area contributed by atoms with Crippen molar-refractivity contribution in [3.05, 3.63) is 22.4 Å². The Morgan fingerprint density at radius 3 is 2.59 bits per heavy atom. The van der Waals surface area contributed by atoms with Crippen LogP contribution < -0.4 is 10.6 Å². The number of amides is 2. The largest absolute Gasteiger partial charge is 0.394 e. The average molecular weight is 258 g/mol. The molecule has 0 bridgehead atoms. The highest BCUT2D eigenvalue weighted by Crippen LogP contribution is 2.07. The van der Waals surface area contributed by atoms with Crippen LogP contribution in [0.1, 0.15) is 9.67 Å². The van der Waals surface area contributed by atoms with E-state index in [1.54, 1.807) is 17.5 Å². The van der Waals surface area contributed by atoms with Gasteiger partial charge in [0.25, 0.3) is 5.91 Å². The van der Waals surface area contributed by atoms with E-state index < -0.39 is 11.9 Å². The lowest BCUT2D eigenvalue weighted by molar-refractivity contribution is -0.121. The minimum atomic E-state index is -0.693. The zero-order valence-electron chi connectivity index (χ0n) is 9.05. The molecule has 0 radical (unpaired) electrons. The molecule has 0 aromatic carbocycles. The maximum absolute atomic E-state index is 11.5. The molecule has 1 heterocycles. The fourth-order valence-corrected chi connectivity index (χ4v) is 1.72. The number of hydrogen-bond acceptors (Lipinski definition) is 5. The van der Waals surface area contributed by atoms with Gasteiger partial charge in [-0.25, -0.2) is 0 Å². The molecule has 0 aliphatic heterocycles. The van der Waals surface area contributed by atoms with Crippen LogP contribution in [-0.4, -0.2) is 47.8 Å². The molecule has 0 aliphatic rings. The first-order valence-electron chi connectivity index (χ1n) is 5.00. The predicted molar refractivity (Wildman–Crippen MR) is 62.8 cm³/mol. The molecule has 0 atom stereocenters. The van der Waals surface area contributed by atoms with Crippen molar-refractivity contribution < 1.29 is 19.8 Å². The maximum atomic E-state index is 11.5. The average Bonchev–Trinajstić information content (AvgIpc) is 2.86. The summed E-state index contributed by atoms with van der Waals surface area (Å²) in [5.41, 5.74) is 0. The second kappa shape index (κ2) is 7.00. The molecule has 0 saturated carbocycles. The molecule has 1 aromatic heterocycles. The lowest BCUT2D eigenvalue weighted by atomic mass is 10.3. The van der Waals surface area contributed by atoms with Gasteiger partial charge in [0.1, 0.15) is 0 Å². The first-order valence-corrected chi connectivity index (χ1v) is 5.88. The number of thiophene rings is 1. The number of hydrogen-bond donors (Lipinski definition) is 4. The molecule has 2 amide bonds. The minimum absolute atomic E-state index is 0.187. The summed E-state index contributed by atoms with van der Waals surface area (Å²) in [4.78, 5) is 23.3. The first-order chi connectivity index (χ1) is 8.17. The summed E-state index contributed by atoms with van der Waals surface area (Å²) in [7, 11) is 0. The number of aliphatic hydroxyl groups is 2. The Kier molecular flexibility index (Phi) is 5.61. The quantitative estimate of drug-likeness (QED) is 0.523. The summed E-state index contributed by atoms with van der Waals surface area (Å²) in [6, 6.07) is 2.70. The molecule has 0 fully saturated rings. The van der Waals surface area contributed by atoms with Crippen LogP contribution in [0.5, 0.6) is 0 Å². The number of rotatable bonds is 6. The van der Waals surface area contributed by atoms with E-state index in [4.69, 9.17) is 10.2 Å². The van der Waals surface area contributed by atoms with Crippen molar-refractivity contribution >= 4 is 23.2 Å². The third-order valence-electron chi connectivity index (χ3n) is 1.96. The van der Waals surface area contributed by atoms with Crippen molar-refractivity contribution in [1.82, 2.24) is 10.6 Å². The molecule has 94 valence electrons. The molecule has 1 aromatic rings. The minimum Gasteiger partial charge on any atom is -0.394 e. The standard InChI is InChI=1S/C10H14N2O4S/c13-5-7(6-14)12-9(15)4-11-10(16)8-2-1-3-17-8/h1-3,7,13-14H,4-6H2,(H,11,16)(H,12,15). The van der Waals surface area contributed by atoms with Crippen LogP contribution in [0.3, 0.4) is 0 Å². The normalized spacial score (nSPS) is 10.3. The molecule has 0 aliphatic carbocycles. The number of carbonyl (C=O) groups excluding carboxylic acids is 2. The summed E-state index contributed by atoms with van der Waals surface area (Å²) < 4.78 is 0. The van der Waals surface area contributed by atoms with Crippen LogP contribution in [0.25, 0.3) is 0 Å². The van der Waals surface area contributed by atoms with Gasteiger partial charge in [-0.3, -0.25) is 9.59 Å². The van der Waals surface area contributed by atoms with Gasteiger partial charge in [-0.2, -0.15) is 0 Å². The van der Waals surface area contributed by atoms with Gasteiger partial charge in [-0.1, -0.05) is 6.07 Å². The van der Waals surface area contributed by atoms with Crippen LogP contribution in [-0.2, 0) is 4.79 Å². The number of carbonyl (C=O) groups is 2. The highest BCUT2D eigenvalue weighted by atomic mass is 32.1. The molecule has 0 saturated heterocycles. The van der Waals surface area contributed by atoms with E-state index in [2.05, 4.69) is 10.6 Å². The Hall–Kier alpha value is -1.44. The highest BCUT2D eigenvalue weighted by molar-refractivity contribution is 7.12. The fraction of sp³-hybridized carbons (Fsp3) is 0.400. The first kappa shape index (κ1) is 13.6. The molecule has 4 N–H and O–H groups in total.